The molecule has 0 aromatic heterocycles. The van der Waals surface area contributed by atoms with Gasteiger partial charge in [-0.3, -0.25) is 4.79 Å². The SMILES string of the molecule is Cc1cccc(C)c1N/C=C(/C#N)C(=O)NC(C(=O)O)C(C)C. The summed E-state index contributed by atoms with van der Waals surface area (Å²) in [7, 11) is 0. The number of aryl methyl sites for hydroxylation is 2. The highest BCUT2D eigenvalue weighted by molar-refractivity contribution is 5.99. The van der Waals surface area contributed by atoms with Crippen molar-refractivity contribution in [2.45, 2.75) is 33.7 Å². The lowest BCUT2D eigenvalue weighted by Gasteiger charge is -2.17. The fourth-order valence-electron chi connectivity index (χ4n) is 2.07. The molecule has 1 unspecified atom stereocenters. The molecule has 6 nitrogen and oxygen atoms in total. The van der Waals surface area contributed by atoms with Crippen molar-refractivity contribution in [1.82, 2.24) is 5.32 Å². The second kappa shape index (κ2) is 7.99. The van der Waals surface area contributed by atoms with Crippen molar-refractivity contribution < 1.29 is 14.7 Å². The molecule has 23 heavy (non-hydrogen) atoms. The van der Waals surface area contributed by atoms with Gasteiger partial charge in [0.05, 0.1) is 0 Å². The normalized spacial score (nSPS) is 12.4. The Hall–Kier alpha value is -2.81. The minimum Gasteiger partial charge on any atom is -0.480 e. The second-order valence-electron chi connectivity index (χ2n) is 5.61. The summed E-state index contributed by atoms with van der Waals surface area (Å²) < 4.78 is 0. The Morgan fingerprint density at radius 1 is 1.26 bits per heavy atom. The van der Waals surface area contributed by atoms with Gasteiger partial charge in [0, 0.05) is 11.9 Å². The summed E-state index contributed by atoms with van der Waals surface area (Å²) in [6.45, 7) is 7.19. The predicted molar refractivity (Wildman–Crippen MR) is 87.6 cm³/mol. The van der Waals surface area contributed by atoms with E-state index >= 15 is 0 Å². The average Bonchev–Trinajstić information content (AvgIpc) is 2.47. The van der Waals surface area contributed by atoms with Gasteiger partial charge in [0.15, 0.2) is 0 Å². The number of benzene rings is 1. The fraction of sp³-hybridized carbons (Fsp3) is 0.353. The van der Waals surface area contributed by atoms with Gasteiger partial charge in [-0.1, -0.05) is 32.0 Å². The van der Waals surface area contributed by atoms with Crippen LogP contribution >= 0.6 is 0 Å². The quantitative estimate of drug-likeness (QED) is 0.552. The van der Waals surface area contributed by atoms with E-state index in [1.54, 1.807) is 19.9 Å². The van der Waals surface area contributed by atoms with Crippen LogP contribution in [0.25, 0.3) is 0 Å². The van der Waals surface area contributed by atoms with E-state index in [-0.39, 0.29) is 11.5 Å². The zero-order chi connectivity index (χ0) is 17.6. The first-order valence-electron chi connectivity index (χ1n) is 7.24. The molecular formula is C17H21N3O3. The first kappa shape index (κ1) is 18.2. The van der Waals surface area contributed by atoms with Crippen molar-refractivity contribution in [3.8, 4) is 6.07 Å². The van der Waals surface area contributed by atoms with Crippen molar-refractivity contribution >= 4 is 17.6 Å². The summed E-state index contributed by atoms with van der Waals surface area (Å²) in [6, 6.07) is 6.48. The van der Waals surface area contributed by atoms with Crippen LogP contribution in [0.5, 0.6) is 0 Å². The summed E-state index contributed by atoms with van der Waals surface area (Å²) in [6.07, 6.45) is 1.30. The Morgan fingerprint density at radius 2 is 1.83 bits per heavy atom. The van der Waals surface area contributed by atoms with Crippen molar-refractivity contribution in [2.75, 3.05) is 5.32 Å². The van der Waals surface area contributed by atoms with Gasteiger partial charge in [0.25, 0.3) is 5.91 Å². The van der Waals surface area contributed by atoms with Crippen LogP contribution in [0, 0.1) is 31.1 Å². The van der Waals surface area contributed by atoms with Crippen molar-refractivity contribution in [1.29, 1.82) is 5.26 Å². The van der Waals surface area contributed by atoms with Crippen LogP contribution < -0.4 is 10.6 Å². The maximum atomic E-state index is 12.1. The Kier molecular flexibility index (Phi) is 6.34. The minimum atomic E-state index is -1.13. The zero-order valence-corrected chi connectivity index (χ0v) is 13.7. The molecule has 0 aliphatic rings. The van der Waals surface area contributed by atoms with Gasteiger partial charge in [-0.05, 0) is 30.9 Å². The molecule has 0 fully saturated rings. The van der Waals surface area contributed by atoms with Gasteiger partial charge < -0.3 is 15.7 Å². The van der Waals surface area contributed by atoms with E-state index < -0.39 is 17.9 Å². The van der Waals surface area contributed by atoms with E-state index in [1.807, 2.05) is 32.0 Å². The number of aliphatic carboxylic acids is 1. The second-order valence-corrected chi connectivity index (χ2v) is 5.61. The number of rotatable bonds is 6. The van der Waals surface area contributed by atoms with Gasteiger partial charge in [0.1, 0.15) is 17.7 Å². The predicted octanol–water partition coefficient (Wildman–Crippen LogP) is 2.35. The van der Waals surface area contributed by atoms with E-state index in [2.05, 4.69) is 10.6 Å². The van der Waals surface area contributed by atoms with Crippen LogP contribution in [-0.4, -0.2) is 23.0 Å². The molecule has 0 aliphatic heterocycles. The number of carboxylic acid groups (broad SMARTS) is 1. The standard InChI is InChI=1S/C17H21N3O3/c1-10(2)14(17(22)23)20-16(21)13(8-18)9-19-15-11(3)6-5-7-12(15)4/h5-7,9-10,14,19H,1-4H3,(H,20,21)(H,22,23)/b13-9-. The molecule has 1 amide bonds. The molecule has 0 spiro atoms. The number of amides is 1. The van der Waals surface area contributed by atoms with Crippen molar-refractivity contribution in [2.24, 2.45) is 5.92 Å². The Bertz CT molecular complexity index is 652. The van der Waals surface area contributed by atoms with E-state index in [1.165, 1.54) is 6.20 Å². The molecule has 3 N–H and O–H groups in total. The Labute approximate surface area is 135 Å². The molecular weight excluding hydrogens is 294 g/mol. The van der Waals surface area contributed by atoms with Gasteiger partial charge in [0.2, 0.25) is 0 Å². The third kappa shape index (κ3) is 4.85. The van der Waals surface area contributed by atoms with Crippen LogP contribution in [0.1, 0.15) is 25.0 Å². The molecule has 6 heteroatoms. The maximum absolute atomic E-state index is 12.1. The summed E-state index contributed by atoms with van der Waals surface area (Å²) in [5, 5.41) is 23.5. The lowest BCUT2D eigenvalue weighted by molar-refractivity contribution is -0.142. The molecule has 0 saturated heterocycles. The molecule has 0 radical (unpaired) electrons. The van der Waals surface area contributed by atoms with Crippen molar-refractivity contribution in [3.05, 3.63) is 41.1 Å². The largest absolute Gasteiger partial charge is 0.480 e. The van der Waals surface area contributed by atoms with Crippen LogP contribution in [0.15, 0.2) is 30.0 Å². The maximum Gasteiger partial charge on any atom is 0.326 e. The average molecular weight is 315 g/mol. The number of carboxylic acids is 1. The highest BCUT2D eigenvalue weighted by Crippen LogP contribution is 2.19. The number of anilines is 1. The van der Waals surface area contributed by atoms with E-state index in [0.717, 1.165) is 16.8 Å². The van der Waals surface area contributed by atoms with Gasteiger partial charge in [-0.25, -0.2) is 4.79 Å². The lowest BCUT2D eigenvalue weighted by Crippen LogP contribution is -2.44. The summed E-state index contributed by atoms with van der Waals surface area (Å²) in [4.78, 5) is 23.2. The van der Waals surface area contributed by atoms with Crippen LogP contribution in [-0.2, 0) is 9.59 Å². The van der Waals surface area contributed by atoms with Crippen LogP contribution in [0.3, 0.4) is 0 Å². The fourth-order valence-corrected chi connectivity index (χ4v) is 2.07. The smallest absolute Gasteiger partial charge is 0.326 e. The highest BCUT2D eigenvalue weighted by atomic mass is 16.4. The third-order valence-corrected chi connectivity index (χ3v) is 3.43. The minimum absolute atomic E-state index is 0.181. The van der Waals surface area contributed by atoms with E-state index in [0.29, 0.717) is 0 Å². The summed E-state index contributed by atoms with van der Waals surface area (Å²) in [5.41, 5.74) is 2.58. The topological polar surface area (TPSA) is 102 Å². The monoisotopic (exact) mass is 315 g/mol. The number of nitriles is 1. The van der Waals surface area contributed by atoms with Gasteiger partial charge in [-0.15, -0.1) is 0 Å². The summed E-state index contributed by atoms with van der Waals surface area (Å²) in [5.74, 6) is -2.14. The number of nitrogens with one attached hydrogen (secondary N) is 2. The lowest BCUT2D eigenvalue weighted by atomic mass is 10.0. The number of nitrogens with zero attached hydrogens (tertiary/aromatic N) is 1. The van der Waals surface area contributed by atoms with E-state index in [4.69, 9.17) is 10.4 Å². The number of carbonyl (C=O) groups excluding carboxylic acids is 1. The Morgan fingerprint density at radius 3 is 2.26 bits per heavy atom. The molecule has 0 bridgehead atoms. The molecule has 0 aliphatic carbocycles. The number of para-hydroxylation sites is 1. The molecule has 122 valence electrons. The Balaban J connectivity index is 2.93. The number of hydrogen-bond acceptors (Lipinski definition) is 4. The summed E-state index contributed by atoms with van der Waals surface area (Å²) >= 11 is 0. The number of carbonyl (C=O) groups is 2. The molecule has 1 aromatic carbocycles. The third-order valence-electron chi connectivity index (χ3n) is 3.43. The number of hydrogen-bond donors (Lipinski definition) is 3. The molecule has 1 atom stereocenters. The van der Waals surface area contributed by atoms with Crippen LogP contribution in [0.2, 0.25) is 0 Å². The first-order valence-corrected chi connectivity index (χ1v) is 7.24. The highest BCUT2D eigenvalue weighted by Gasteiger charge is 2.24. The molecule has 0 saturated carbocycles. The van der Waals surface area contributed by atoms with Crippen LogP contribution in [0.4, 0.5) is 5.69 Å². The van der Waals surface area contributed by atoms with E-state index in [9.17, 15) is 9.59 Å². The van der Waals surface area contributed by atoms with Gasteiger partial charge in [-0.2, -0.15) is 5.26 Å². The zero-order valence-electron chi connectivity index (χ0n) is 13.7. The first-order chi connectivity index (χ1) is 10.8. The van der Waals surface area contributed by atoms with Crippen molar-refractivity contribution in [3.63, 3.8) is 0 Å². The molecule has 1 rings (SSSR count). The molecule has 0 heterocycles. The van der Waals surface area contributed by atoms with Gasteiger partial charge >= 0.3 is 5.97 Å². The molecule has 1 aromatic rings.